The molecule has 1 aromatic carbocycles. The highest BCUT2D eigenvalue weighted by Crippen LogP contribution is 2.29. The quantitative estimate of drug-likeness (QED) is 0.579. The van der Waals surface area contributed by atoms with Crippen LogP contribution in [0.2, 0.25) is 0 Å². The third-order valence-corrected chi connectivity index (χ3v) is 5.76. The van der Waals surface area contributed by atoms with E-state index in [4.69, 9.17) is 0 Å². The summed E-state index contributed by atoms with van der Waals surface area (Å²) in [5, 5.41) is 10.9. The summed E-state index contributed by atoms with van der Waals surface area (Å²) >= 11 is 1.68. The molecule has 3 aromatic heterocycles. The zero-order valence-electron chi connectivity index (χ0n) is 15.2. The lowest BCUT2D eigenvalue weighted by atomic mass is 10.2. The number of hydrogen-bond acceptors (Lipinski definition) is 4. The summed E-state index contributed by atoms with van der Waals surface area (Å²) in [5.41, 5.74) is 1.16. The van der Waals surface area contributed by atoms with Gasteiger partial charge in [-0.1, -0.05) is 24.3 Å². The molecule has 3 heterocycles. The largest absolute Gasteiger partial charge is 0.354 e. The topological polar surface area (TPSA) is 68.9 Å². The van der Waals surface area contributed by atoms with Crippen LogP contribution in [0.5, 0.6) is 0 Å². The average Bonchev–Trinajstić information content (AvgIpc) is 3.30. The van der Waals surface area contributed by atoms with Crippen molar-refractivity contribution in [2.24, 2.45) is 7.05 Å². The van der Waals surface area contributed by atoms with Gasteiger partial charge in [0.15, 0.2) is 0 Å². The van der Waals surface area contributed by atoms with E-state index < -0.39 is 6.04 Å². The lowest BCUT2D eigenvalue weighted by Crippen LogP contribution is -2.33. The summed E-state index contributed by atoms with van der Waals surface area (Å²) in [6, 6.07) is 11.3. The van der Waals surface area contributed by atoms with Crippen LogP contribution in [0.3, 0.4) is 0 Å². The van der Waals surface area contributed by atoms with Gasteiger partial charge in [-0.3, -0.25) is 9.59 Å². The molecule has 4 rings (SSSR count). The first-order valence-corrected chi connectivity index (χ1v) is 9.71. The van der Waals surface area contributed by atoms with E-state index in [0.29, 0.717) is 12.1 Å². The highest BCUT2D eigenvalue weighted by Gasteiger charge is 2.22. The van der Waals surface area contributed by atoms with Crippen LogP contribution in [0.1, 0.15) is 17.8 Å². The lowest BCUT2D eigenvalue weighted by Gasteiger charge is -2.16. The summed E-state index contributed by atoms with van der Waals surface area (Å²) in [7, 11) is 1.62. The van der Waals surface area contributed by atoms with Gasteiger partial charge < -0.3 is 9.88 Å². The van der Waals surface area contributed by atoms with Crippen molar-refractivity contribution in [3.8, 4) is 0 Å². The molecule has 0 saturated carbocycles. The van der Waals surface area contributed by atoms with Gasteiger partial charge >= 0.3 is 0 Å². The Morgan fingerprint density at radius 2 is 2.04 bits per heavy atom. The maximum atomic E-state index is 12.8. The molecule has 6 nitrogen and oxygen atoms in total. The Bertz CT molecular complexity index is 1170. The Morgan fingerprint density at radius 1 is 1.22 bits per heavy atom. The van der Waals surface area contributed by atoms with Crippen molar-refractivity contribution in [3.63, 3.8) is 0 Å². The predicted octanol–water partition coefficient (Wildman–Crippen LogP) is 2.87. The van der Waals surface area contributed by atoms with Crippen LogP contribution in [0.15, 0.2) is 52.8 Å². The van der Waals surface area contributed by atoms with E-state index >= 15 is 0 Å². The Kier molecular flexibility index (Phi) is 4.53. The summed E-state index contributed by atoms with van der Waals surface area (Å²) in [5.74, 6) is -0.104. The van der Waals surface area contributed by atoms with Crippen LogP contribution in [0.4, 0.5) is 0 Å². The monoisotopic (exact) mass is 380 g/mol. The molecule has 0 aliphatic heterocycles. The van der Waals surface area contributed by atoms with E-state index in [-0.39, 0.29) is 11.5 Å². The number of rotatable bonds is 5. The number of carbonyl (C=O) groups excluding carboxylic acids is 1. The Labute approximate surface area is 160 Å². The molecule has 0 aliphatic carbocycles. The van der Waals surface area contributed by atoms with Crippen molar-refractivity contribution >= 4 is 39.0 Å². The molecule has 1 N–H and O–H groups in total. The van der Waals surface area contributed by atoms with E-state index in [0.717, 1.165) is 22.7 Å². The summed E-state index contributed by atoms with van der Waals surface area (Å²) in [6.07, 6.45) is 2.49. The van der Waals surface area contributed by atoms with Gasteiger partial charge in [0.2, 0.25) is 5.91 Å². The SMILES string of the molecule is C[C@@H](C(=O)NCCc1cccs1)n1c2ccccc2c2cnn(C)c(=O)c21. The standard InChI is InChI=1S/C20H20N4O2S/c1-13(19(25)21-10-9-14-6-5-11-27-14)24-17-8-4-3-7-15(17)16-12-22-23(2)20(26)18(16)24/h3-8,11-13H,9-10H2,1-2H3,(H,21,25)/t13-/m0/s1. The maximum Gasteiger partial charge on any atom is 0.291 e. The Hall–Kier alpha value is -2.93. The van der Waals surface area contributed by atoms with Gasteiger partial charge in [0, 0.05) is 29.2 Å². The number of aromatic nitrogens is 3. The zero-order chi connectivity index (χ0) is 19.0. The van der Waals surface area contributed by atoms with Gasteiger partial charge in [-0.05, 0) is 30.9 Å². The summed E-state index contributed by atoms with van der Waals surface area (Å²) in [4.78, 5) is 26.8. The highest BCUT2D eigenvalue weighted by atomic mass is 32.1. The van der Waals surface area contributed by atoms with Crippen LogP contribution in [-0.4, -0.2) is 26.8 Å². The molecule has 4 aromatic rings. The second-order valence-electron chi connectivity index (χ2n) is 6.52. The van der Waals surface area contributed by atoms with Gasteiger partial charge in [-0.2, -0.15) is 5.10 Å². The van der Waals surface area contributed by atoms with Crippen molar-refractivity contribution in [3.05, 3.63) is 63.2 Å². The van der Waals surface area contributed by atoms with E-state index in [1.165, 1.54) is 9.56 Å². The molecule has 0 aliphatic rings. The normalized spacial score (nSPS) is 12.5. The molecular weight excluding hydrogens is 360 g/mol. The van der Waals surface area contributed by atoms with Crippen molar-refractivity contribution in [1.82, 2.24) is 19.7 Å². The van der Waals surface area contributed by atoms with E-state index in [1.54, 1.807) is 24.6 Å². The van der Waals surface area contributed by atoms with Crippen LogP contribution < -0.4 is 10.9 Å². The second kappa shape index (κ2) is 7.00. The number of fused-ring (bicyclic) bond motifs is 3. The van der Waals surface area contributed by atoms with Gasteiger partial charge in [-0.25, -0.2) is 4.68 Å². The number of thiophene rings is 1. The molecule has 0 spiro atoms. The fourth-order valence-corrected chi connectivity index (χ4v) is 4.13. The third-order valence-electron chi connectivity index (χ3n) is 4.82. The van der Waals surface area contributed by atoms with Gasteiger partial charge in [0.1, 0.15) is 11.6 Å². The molecule has 0 fully saturated rings. The first kappa shape index (κ1) is 17.5. The fraction of sp³-hybridized carbons (Fsp3) is 0.250. The number of nitrogens with one attached hydrogen (secondary N) is 1. The summed E-state index contributed by atoms with van der Waals surface area (Å²) < 4.78 is 3.13. The molecule has 27 heavy (non-hydrogen) atoms. The number of amides is 1. The first-order chi connectivity index (χ1) is 13.1. The minimum Gasteiger partial charge on any atom is -0.354 e. The molecule has 0 radical (unpaired) electrons. The van der Waals surface area contributed by atoms with Gasteiger partial charge in [0.25, 0.3) is 5.56 Å². The minimum absolute atomic E-state index is 0.104. The van der Waals surface area contributed by atoms with Gasteiger partial charge in [0.05, 0.1) is 11.7 Å². The zero-order valence-corrected chi connectivity index (χ0v) is 16.0. The average molecular weight is 380 g/mol. The number of nitrogens with zero attached hydrogens (tertiary/aromatic N) is 3. The smallest absolute Gasteiger partial charge is 0.291 e. The fourth-order valence-electron chi connectivity index (χ4n) is 3.42. The van der Waals surface area contributed by atoms with Crippen molar-refractivity contribution < 1.29 is 4.79 Å². The number of para-hydroxylation sites is 1. The Balaban J connectivity index is 1.71. The molecule has 0 bridgehead atoms. The van der Waals surface area contributed by atoms with Crippen molar-refractivity contribution in [1.29, 1.82) is 0 Å². The molecule has 138 valence electrons. The molecule has 0 unspecified atom stereocenters. The number of benzene rings is 1. The van der Waals surface area contributed by atoms with Crippen LogP contribution in [-0.2, 0) is 18.3 Å². The van der Waals surface area contributed by atoms with Crippen LogP contribution in [0.25, 0.3) is 21.8 Å². The predicted molar refractivity (Wildman–Crippen MR) is 108 cm³/mol. The molecule has 1 amide bonds. The number of aryl methyl sites for hydroxylation is 1. The van der Waals surface area contributed by atoms with E-state index in [1.807, 2.05) is 47.2 Å². The number of hydrogen-bond donors (Lipinski definition) is 1. The van der Waals surface area contributed by atoms with Crippen LogP contribution in [0, 0.1) is 0 Å². The maximum absolute atomic E-state index is 12.8. The first-order valence-electron chi connectivity index (χ1n) is 8.83. The number of carbonyl (C=O) groups is 1. The molecule has 0 saturated heterocycles. The van der Waals surface area contributed by atoms with E-state index in [2.05, 4.69) is 16.5 Å². The highest BCUT2D eigenvalue weighted by molar-refractivity contribution is 7.09. The molecule has 1 atom stereocenters. The van der Waals surface area contributed by atoms with Crippen molar-refractivity contribution in [2.45, 2.75) is 19.4 Å². The van der Waals surface area contributed by atoms with E-state index in [9.17, 15) is 9.59 Å². The molecular formula is C20H20N4O2S. The van der Waals surface area contributed by atoms with Crippen molar-refractivity contribution in [2.75, 3.05) is 6.54 Å². The molecule has 7 heteroatoms. The Morgan fingerprint density at radius 3 is 2.81 bits per heavy atom. The van der Waals surface area contributed by atoms with Crippen LogP contribution >= 0.6 is 11.3 Å². The summed E-state index contributed by atoms with van der Waals surface area (Å²) in [6.45, 7) is 2.40. The third kappa shape index (κ3) is 3.04. The lowest BCUT2D eigenvalue weighted by molar-refractivity contribution is -0.123. The minimum atomic E-state index is -0.508. The second-order valence-corrected chi connectivity index (χ2v) is 7.55. The van der Waals surface area contributed by atoms with Gasteiger partial charge in [-0.15, -0.1) is 11.3 Å².